The van der Waals surface area contributed by atoms with Gasteiger partial charge in [0.2, 0.25) is 5.91 Å². The molecule has 0 radical (unpaired) electrons. The van der Waals surface area contributed by atoms with Crippen molar-refractivity contribution in [2.45, 2.75) is 18.9 Å². The smallest absolute Gasteiger partial charge is 0.260 e. The van der Waals surface area contributed by atoms with E-state index in [1.165, 1.54) is 24.3 Å². The van der Waals surface area contributed by atoms with Gasteiger partial charge in [0.15, 0.2) is 6.61 Å². The number of amides is 2. The van der Waals surface area contributed by atoms with Crippen LogP contribution in [-0.2, 0) is 9.59 Å². The molecule has 1 unspecified atom stereocenters. The number of piperazine rings is 1. The van der Waals surface area contributed by atoms with Crippen molar-refractivity contribution in [2.75, 3.05) is 39.3 Å². The van der Waals surface area contributed by atoms with E-state index in [1.807, 2.05) is 4.90 Å². The average molecular weight is 335 g/mol. The van der Waals surface area contributed by atoms with Crippen LogP contribution in [0.1, 0.15) is 12.8 Å². The number of nitrogens with zero attached hydrogens (tertiary/aromatic N) is 2. The topological polar surface area (TPSA) is 61.9 Å². The van der Waals surface area contributed by atoms with Gasteiger partial charge < -0.3 is 19.9 Å². The number of hydrogen-bond donors (Lipinski definition) is 1. The van der Waals surface area contributed by atoms with Crippen molar-refractivity contribution in [2.24, 2.45) is 0 Å². The third-order valence-electron chi connectivity index (χ3n) is 4.48. The highest BCUT2D eigenvalue weighted by molar-refractivity contribution is 5.83. The van der Waals surface area contributed by atoms with Gasteiger partial charge in [-0.25, -0.2) is 4.39 Å². The standard InChI is InChI=1S/C17H22FN3O3/c18-13-3-5-14(6-4-13)24-12-16(22)20-8-10-21(11-9-20)17(23)15-2-1-7-19-15/h3-6,15,19H,1-2,7-12H2. The molecule has 0 spiro atoms. The van der Waals surface area contributed by atoms with Crippen molar-refractivity contribution in [3.63, 3.8) is 0 Å². The zero-order chi connectivity index (χ0) is 16.9. The molecular formula is C17H22FN3O3. The molecule has 3 rings (SSSR count). The van der Waals surface area contributed by atoms with E-state index in [0.717, 1.165) is 19.4 Å². The third kappa shape index (κ3) is 4.03. The molecule has 6 nitrogen and oxygen atoms in total. The van der Waals surface area contributed by atoms with Crippen LogP contribution in [0.3, 0.4) is 0 Å². The lowest BCUT2D eigenvalue weighted by atomic mass is 10.2. The van der Waals surface area contributed by atoms with Gasteiger partial charge in [0.25, 0.3) is 5.91 Å². The molecule has 2 saturated heterocycles. The van der Waals surface area contributed by atoms with Gasteiger partial charge in [-0.05, 0) is 43.7 Å². The Labute approximate surface area is 140 Å². The Balaban J connectivity index is 1.43. The molecule has 1 aromatic carbocycles. The molecule has 2 fully saturated rings. The molecule has 24 heavy (non-hydrogen) atoms. The highest BCUT2D eigenvalue weighted by Gasteiger charge is 2.30. The van der Waals surface area contributed by atoms with Crippen molar-refractivity contribution in [1.29, 1.82) is 0 Å². The van der Waals surface area contributed by atoms with Gasteiger partial charge in [-0.3, -0.25) is 9.59 Å². The van der Waals surface area contributed by atoms with E-state index >= 15 is 0 Å². The van der Waals surface area contributed by atoms with E-state index in [2.05, 4.69) is 5.32 Å². The normalized spacial score (nSPS) is 21.0. The lowest BCUT2D eigenvalue weighted by molar-refractivity contribution is -0.141. The summed E-state index contributed by atoms with van der Waals surface area (Å²) < 4.78 is 18.2. The summed E-state index contributed by atoms with van der Waals surface area (Å²) in [6, 6.07) is 5.51. The molecule has 0 aromatic heterocycles. The largest absolute Gasteiger partial charge is 0.484 e. The lowest BCUT2D eigenvalue weighted by Crippen LogP contribution is -2.54. The number of ether oxygens (including phenoxy) is 1. The first-order valence-corrected chi connectivity index (χ1v) is 8.32. The van der Waals surface area contributed by atoms with Crippen molar-refractivity contribution in [1.82, 2.24) is 15.1 Å². The number of rotatable bonds is 4. The van der Waals surface area contributed by atoms with E-state index in [4.69, 9.17) is 4.74 Å². The molecule has 1 atom stereocenters. The molecule has 1 aromatic rings. The summed E-state index contributed by atoms with van der Waals surface area (Å²) in [4.78, 5) is 28.0. The Hall–Kier alpha value is -2.15. The van der Waals surface area contributed by atoms with Crippen LogP contribution in [0.2, 0.25) is 0 Å². The van der Waals surface area contributed by atoms with Crippen LogP contribution in [0.5, 0.6) is 5.75 Å². The van der Waals surface area contributed by atoms with Gasteiger partial charge >= 0.3 is 0 Å². The van der Waals surface area contributed by atoms with Gasteiger partial charge in [0, 0.05) is 26.2 Å². The molecule has 7 heteroatoms. The first-order chi connectivity index (χ1) is 11.6. The maximum Gasteiger partial charge on any atom is 0.260 e. The summed E-state index contributed by atoms with van der Waals surface area (Å²) in [6.07, 6.45) is 1.93. The van der Waals surface area contributed by atoms with Gasteiger partial charge in [-0.1, -0.05) is 0 Å². The fourth-order valence-electron chi connectivity index (χ4n) is 3.06. The molecule has 0 aliphatic carbocycles. The predicted molar refractivity (Wildman–Crippen MR) is 86.1 cm³/mol. The van der Waals surface area contributed by atoms with Crippen molar-refractivity contribution >= 4 is 11.8 Å². The summed E-state index contributed by atoms with van der Waals surface area (Å²) in [5, 5.41) is 3.21. The average Bonchev–Trinajstić information content (AvgIpc) is 3.15. The number of carbonyl (C=O) groups is 2. The first-order valence-electron chi connectivity index (χ1n) is 8.32. The highest BCUT2D eigenvalue weighted by atomic mass is 19.1. The molecule has 0 bridgehead atoms. The molecule has 2 amide bonds. The first kappa shape index (κ1) is 16.7. The second kappa shape index (κ2) is 7.61. The molecular weight excluding hydrogens is 313 g/mol. The fraction of sp³-hybridized carbons (Fsp3) is 0.529. The summed E-state index contributed by atoms with van der Waals surface area (Å²) in [5.74, 6) is 0.143. The number of carbonyl (C=O) groups excluding carboxylic acids is 2. The van der Waals surface area contributed by atoms with Gasteiger partial charge in [-0.15, -0.1) is 0 Å². The van der Waals surface area contributed by atoms with Crippen molar-refractivity contribution in [3.05, 3.63) is 30.1 Å². The zero-order valence-corrected chi connectivity index (χ0v) is 13.5. The minimum absolute atomic E-state index is 0.0611. The van der Waals surface area contributed by atoms with Gasteiger partial charge in [0.05, 0.1) is 6.04 Å². The molecule has 2 aliphatic heterocycles. The Morgan fingerprint density at radius 1 is 1.12 bits per heavy atom. The summed E-state index contributed by atoms with van der Waals surface area (Å²) >= 11 is 0. The SMILES string of the molecule is O=C(COc1ccc(F)cc1)N1CCN(C(=O)C2CCCN2)CC1. The predicted octanol–water partition coefficient (Wildman–Crippen LogP) is 0.627. The monoisotopic (exact) mass is 335 g/mol. The second-order valence-electron chi connectivity index (χ2n) is 6.10. The lowest BCUT2D eigenvalue weighted by Gasteiger charge is -2.35. The minimum Gasteiger partial charge on any atom is -0.484 e. The van der Waals surface area contributed by atoms with E-state index in [9.17, 15) is 14.0 Å². The van der Waals surface area contributed by atoms with Crippen LogP contribution in [0.25, 0.3) is 0 Å². The van der Waals surface area contributed by atoms with Crippen LogP contribution in [0, 0.1) is 5.82 Å². The maximum absolute atomic E-state index is 12.8. The van der Waals surface area contributed by atoms with Crippen LogP contribution in [-0.4, -0.2) is 67.0 Å². The summed E-state index contributed by atoms with van der Waals surface area (Å²) in [5.41, 5.74) is 0. The fourth-order valence-corrected chi connectivity index (χ4v) is 3.06. The highest BCUT2D eigenvalue weighted by Crippen LogP contribution is 2.13. The summed E-state index contributed by atoms with van der Waals surface area (Å²) in [6.45, 7) is 2.96. The molecule has 0 saturated carbocycles. The minimum atomic E-state index is -0.341. The number of hydrogen-bond acceptors (Lipinski definition) is 4. The van der Waals surface area contributed by atoms with Crippen molar-refractivity contribution in [3.8, 4) is 5.75 Å². The number of benzene rings is 1. The van der Waals surface area contributed by atoms with Crippen LogP contribution < -0.4 is 10.1 Å². The van der Waals surface area contributed by atoms with Crippen LogP contribution >= 0.6 is 0 Å². The number of halogens is 1. The van der Waals surface area contributed by atoms with Crippen LogP contribution in [0.4, 0.5) is 4.39 Å². The molecule has 1 N–H and O–H groups in total. The van der Waals surface area contributed by atoms with E-state index in [-0.39, 0.29) is 30.3 Å². The van der Waals surface area contributed by atoms with Crippen molar-refractivity contribution < 1.29 is 18.7 Å². The molecule has 2 aliphatic rings. The Morgan fingerprint density at radius 3 is 2.42 bits per heavy atom. The Morgan fingerprint density at radius 2 is 1.79 bits per heavy atom. The number of nitrogens with one attached hydrogen (secondary N) is 1. The third-order valence-corrected chi connectivity index (χ3v) is 4.48. The van der Waals surface area contributed by atoms with E-state index < -0.39 is 0 Å². The Kier molecular flexibility index (Phi) is 5.30. The zero-order valence-electron chi connectivity index (χ0n) is 13.5. The second-order valence-corrected chi connectivity index (χ2v) is 6.10. The molecule has 2 heterocycles. The Bertz CT molecular complexity index is 579. The van der Waals surface area contributed by atoms with E-state index in [1.54, 1.807) is 4.90 Å². The quantitative estimate of drug-likeness (QED) is 0.877. The summed E-state index contributed by atoms with van der Waals surface area (Å²) in [7, 11) is 0. The van der Waals surface area contributed by atoms with Gasteiger partial charge in [0.1, 0.15) is 11.6 Å². The maximum atomic E-state index is 12.8. The van der Waals surface area contributed by atoms with E-state index in [0.29, 0.717) is 31.9 Å². The van der Waals surface area contributed by atoms with Crippen LogP contribution in [0.15, 0.2) is 24.3 Å². The van der Waals surface area contributed by atoms with Gasteiger partial charge in [-0.2, -0.15) is 0 Å². The molecule has 130 valence electrons.